The molecule has 3 rings (SSSR count). The number of nitrogens with zero attached hydrogens (tertiary/aromatic N) is 1. The molecule has 0 aliphatic carbocycles. The van der Waals surface area contributed by atoms with Gasteiger partial charge in [-0.3, -0.25) is 9.59 Å². The molecule has 2 amide bonds. The summed E-state index contributed by atoms with van der Waals surface area (Å²) in [5.41, 5.74) is 9.65. The Hall–Kier alpha value is -2.62. The summed E-state index contributed by atoms with van der Waals surface area (Å²) in [4.78, 5) is 25.9. The summed E-state index contributed by atoms with van der Waals surface area (Å²) in [5, 5.41) is 0. The third-order valence-electron chi connectivity index (χ3n) is 5.07. The van der Waals surface area contributed by atoms with Gasteiger partial charge in [-0.1, -0.05) is 49.7 Å². The molecular weight excluding hydrogens is 324 g/mol. The summed E-state index contributed by atoms with van der Waals surface area (Å²) in [6, 6.07) is 16.3. The maximum atomic E-state index is 12.7. The van der Waals surface area contributed by atoms with Gasteiger partial charge in [0.05, 0.1) is 5.92 Å². The lowest BCUT2D eigenvalue weighted by atomic mass is 9.96. The molecule has 1 heterocycles. The van der Waals surface area contributed by atoms with Crippen LogP contribution in [0.2, 0.25) is 0 Å². The van der Waals surface area contributed by atoms with E-state index in [0.29, 0.717) is 18.7 Å². The zero-order valence-corrected chi connectivity index (χ0v) is 15.3. The van der Waals surface area contributed by atoms with Crippen molar-refractivity contribution in [3.63, 3.8) is 0 Å². The molecule has 136 valence electrons. The first-order valence-corrected chi connectivity index (χ1v) is 9.36. The maximum Gasteiger partial charge on any atom is 0.253 e. The Morgan fingerprint density at radius 3 is 2.23 bits per heavy atom. The van der Waals surface area contributed by atoms with Crippen LogP contribution in [0, 0.1) is 5.92 Å². The fraction of sp³-hybridized carbons (Fsp3) is 0.364. The number of nitrogens with two attached hydrogens (primary N) is 1. The molecule has 0 saturated carbocycles. The Labute approximate surface area is 155 Å². The van der Waals surface area contributed by atoms with E-state index in [4.69, 9.17) is 5.73 Å². The Bertz CT molecular complexity index is 766. The Morgan fingerprint density at radius 1 is 1.04 bits per heavy atom. The number of primary amides is 1. The summed E-state index contributed by atoms with van der Waals surface area (Å²) >= 11 is 0. The number of piperidine rings is 1. The van der Waals surface area contributed by atoms with E-state index in [1.165, 1.54) is 5.56 Å². The van der Waals surface area contributed by atoms with Gasteiger partial charge in [-0.05, 0) is 48.1 Å². The number of likely N-dealkylation sites (tertiary alicyclic amines) is 1. The molecule has 1 fully saturated rings. The number of hydrogen-bond acceptors (Lipinski definition) is 2. The molecule has 0 spiro atoms. The highest BCUT2D eigenvalue weighted by Gasteiger charge is 2.27. The van der Waals surface area contributed by atoms with Gasteiger partial charge in [0, 0.05) is 18.7 Å². The lowest BCUT2D eigenvalue weighted by Gasteiger charge is -2.31. The second kappa shape index (κ2) is 8.17. The predicted molar refractivity (Wildman–Crippen MR) is 104 cm³/mol. The molecule has 2 aromatic carbocycles. The molecule has 2 aromatic rings. The molecule has 0 unspecified atom stereocenters. The van der Waals surface area contributed by atoms with E-state index in [0.717, 1.165) is 36.8 Å². The minimum absolute atomic E-state index is 0.0270. The third kappa shape index (κ3) is 4.13. The summed E-state index contributed by atoms with van der Waals surface area (Å²) in [6.07, 6.45) is 3.83. The second-order valence-electron chi connectivity index (χ2n) is 7.02. The highest BCUT2D eigenvalue weighted by molar-refractivity contribution is 5.95. The van der Waals surface area contributed by atoms with Gasteiger partial charge in [0.2, 0.25) is 5.91 Å². The molecule has 1 saturated heterocycles. The average molecular weight is 350 g/mol. The molecule has 0 radical (unpaired) electrons. The molecular formula is C22H26N2O2. The van der Waals surface area contributed by atoms with Crippen molar-refractivity contribution < 1.29 is 9.59 Å². The van der Waals surface area contributed by atoms with Crippen molar-refractivity contribution in [2.45, 2.75) is 32.6 Å². The average Bonchev–Trinajstić information content (AvgIpc) is 2.68. The van der Waals surface area contributed by atoms with Gasteiger partial charge in [0.15, 0.2) is 0 Å². The van der Waals surface area contributed by atoms with E-state index in [2.05, 4.69) is 31.2 Å². The van der Waals surface area contributed by atoms with Gasteiger partial charge >= 0.3 is 0 Å². The lowest BCUT2D eigenvalue weighted by molar-refractivity contribution is -0.123. The molecule has 1 aliphatic rings. The van der Waals surface area contributed by atoms with Crippen molar-refractivity contribution in [2.24, 2.45) is 11.7 Å². The molecule has 4 nitrogen and oxygen atoms in total. The summed E-state index contributed by atoms with van der Waals surface area (Å²) < 4.78 is 0. The minimum atomic E-state index is -0.315. The van der Waals surface area contributed by atoms with Gasteiger partial charge in [-0.15, -0.1) is 0 Å². The van der Waals surface area contributed by atoms with Crippen molar-refractivity contribution in [1.29, 1.82) is 0 Å². The summed E-state index contributed by atoms with van der Waals surface area (Å²) in [7, 11) is 0. The maximum absolute atomic E-state index is 12.7. The number of aryl methyl sites for hydroxylation is 1. The number of benzene rings is 2. The zero-order chi connectivity index (χ0) is 18.5. The van der Waals surface area contributed by atoms with Crippen LogP contribution in [0.15, 0.2) is 48.5 Å². The molecule has 0 aromatic heterocycles. The number of carbonyl (C=O) groups is 2. The first-order valence-electron chi connectivity index (χ1n) is 9.36. The van der Waals surface area contributed by atoms with E-state index in [1.54, 1.807) is 4.90 Å². The smallest absolute Gasteiger partial charge is 0.253 e. The fourth-order valence-electron chi connectivity index (χ4n) is 3.53. The van der Waals surface area contributed by atoms with Gasteiger partial charge in [0.25, 0.3) is 5.91 Å². The number of amides is 2. The van der Waals surface area contributed by atoms with Gasteiger partial charge in [-0.2, -0.15) is 0 Å². The normalized spacial score (nSPS) is 17.1. The van der Waals surface area contributed by atoms with Crippen molar-refractivity contribution in [2.75, 3.05) is 13.1 Å². The van der Waals surface area contributed by atoms with Crippen LogP contribution in [0.25, 0.3) is 11.1 Å². The fourth-order valence-corrected chi connectivity index (χ4v) is 3.53. The van der Waals surface area contributed by atoms with Crippen LogP contribution in [0.4, 0.5) is 0 Å². The highest BCUT2D eigenvalue weighted by Crippen LogP contribution is 2.23. The van der Waals surface area contributed by atoms with Gasteiger partial charge in [-0.25, -0.2) is 0 Å². The first-order chi connectivity index (χ1) is 12.6. The Balaban J connectivity index is 1.70. The SMILES string of the molecule is CCCc1ccc(-c2ccc(C(=O)N3CCC[C@H](C(N)=O)C3)cc2)cc1. The van der Waals surface area contributed by atoms with Crippen molar-refractivity contribution >= 4 is 11.8 Å². The number of hydrogen-bond donors (Lipinski definition) is 1. The zero-order valence-electron chi connectivity index (χ0n) is 15.3. The van der Waals surface area contributed by atoms with E-state index in [9.17, 15) is 9.59 Å². The monoisotopic (exact) mass is 350 g/mol. The molecule has 1 atom stereocenters. The van der Waals surface area contributed by atoms with Gasteiger partial charge in [0.1, 0.15) is 0 Å². The highest BCUT2D eigenvalue weighted by atomic mass is 16.2. The van der Waals surface area contributed by atoms with Crippen LogP contribution in [0.3, 0.4) is 0 Å². The topological polar surface area (TPSA) is 63.4 Å². The third-order valence-corrected chi connectivity index (χ3v) is 5.07. The summed E-state index contributed by atoms with van der Waals surface area (Å²) in [5.74, 6) is -0.571. The van der Waals surface area contributed by atoms with E-state index in [-0.39, 0.29) is 17.7 Å². The van der Waals surface area contributed by atoms with E-state index >= 15 is 0 Å². The Kier molecular flexibility index (Phi) is 5.71. The second-order valence-corrected chi connectivity index (χ2v) is 7.02. The van der Waals surface area contributed by atoms with Gasteiger partial charge < -0.3 is 10.6 Å². The van der Waals surface area contributed by atoms with Crippen LogP contribution in [-0.2, 0) is 11.2 Å². The molecule has 4 heteroatoms. The van der Waals surface area contributed by atoms with Crippen LogP contribution in [0.1, 0.15) is 42.1 Å². The quantitative estimate of drug-likeness (QED) is 0.895. The molecule has 1 aliphatic heterocycles. The minimum Gasteiger partial charge on any atom is -0.369 e. The summed E-state index contributed by atoms with van der Waals surface area (Å²) in [6.45, 7) is 3.29. The van der Waals surface area contributed by atoms with E-state index < -0.39 is 0 Å². The van der Waals surface area contributed by atoms with Crippen molar-refractivity contribution in [3.05, 3.63) is 59.7 Å². The lowest BCUT2D eigenvalue weighted by Crippen LogP contribution is -2.44. The first kappa shape index (κ1) is 18.2. The van der Waals surface area contributed by atoms with Crippen LogP contribution >= 0.6 is 0 Å². The molecule has 2 N–H and O–H groups in total. The number of carbonyl (C=O) groups excluding carboxylic acids is 2. The van der Waals surface area contributed by atoms with Crippen molar-refractivity contribution in [1.82, 2.24) is 4.90 Å². The Morgan fingerprint density at radius 2 is 1.65 bits per heavy atom. The molecule has 0 bridgehead atoms. The van der Waals surface area contributed by atoms with Crippen LogP contribution < -0.4 is 5.73 Å². The molecule has 26 heavy (non-hydrogen) atoms. The number of rotatable bonds is 5. The van der Waals surface area contributed by atoms with Crippen LogP contribution in [0.5, 0.6) is 0 Å². The standard InChI is InChI=1S/C22H26N2O2/c1-2-4-16-6-8-17(9-7-16)18-10-12-19(13-11-18)22(26)24-14-3-5-20(15-24)21(23)25/h6-13,20H,2-5,14-15H2,1H3,(H2,23,25)/t20-/m0/s1. The van der Waals surface area contributed by atoms with Crippen LogP contribution in [-0.4, -0.2) is 29.8 Å². The largest absolute Gasteiger partial charge is 0.369 e. The predicted octanol–water partition coefficient (Wildman–Crippen LogP) is 3.64. The van der Waals surface area contributed by atoms with Crippen molar-refractivity contribution in [3.8, 4) is 11.1 Å². The van der Waals surface area contributed by atoms with E-state index in [1.807, 2.05) is 24.3 Å².